The lowest BCUT2D eigenvalue weighted by atomic mass is 9.41. The molecule has 10 atom stereocenters. The van der Waals surface area contributed by atoms with E-state index in [1.165, 1.54) is 69.8 Å². The van der Waals surface area contributed by atoms with Crippen molar-refractivity contribution in [3.63, 3.8) is 0 Å². The van der Waals surface area contributed by atoms with Crippen LogP contribution in [0.5, 0.6) is 0 Å². The Balaban J connectivity index is 1.38. The molecule has 0 N–H and O–H groups in total. The standard InChI is InChI=1S/C32H54O/c1-21(2)22(3)10-11-23(4)24-14-16-30(8)26-13-12-25-28(5,6)27(33-9)15-17-31(25)20-32(26,31)19-18-29(24,30)7/h22-27H,1,10-20H2,2-9H3/t22-,23+,24+,25-,26-,27-,29+,30-,31+,32-/m0/s1. The van der Waals surface area contributed by atoms with Crippen LogP contribution >= 0.6 is 0 Å². The van der Waals surface area contributed by atoms with Crippen molar-refractivity contribution in [1.82, 2.24) is 0 Å². The molecule has 1 nitrogen and oxygen atoms in total. The second-order valence-corrected chi connectivity index (χ2v) is 15.0. The van der Waals surface area contributed by atoms with Gasteiger partial charge >= 0.3 is 0 Å². The Morgan fingerprint density at radius 3 is 2.18 bits per heavy atom. The van der Waals surface area contributed by atoms with Crippen LogP contribution in [0.4, 0.5) is 0 Å². The third-order valence-electron chi connectivity index (χ3n) is 14.0. The summed E-state index contributed by atoms with van der Waals surface area (Å²) < 4.78 is 6.05. The first-order chi connectivity index (χ1) is 15.4. The maximum atomic E-state index is 6.05. The zero-order chi connectivity index (χ0) is 24.0. The van der Waals surface area contributed by atoms with Crippen molar-refractivity contribution in [3.05, 3.63) is 12.2 Å². The molecule has 0 aliphatic heterocycles. The van der Waals surface area contributed by atoms with E-state index in [1.54, 1.807) is 6.42 Å². The summed E-state index contributed by atoms with van der Waals surface area (Å²) in [7, 11) is 1.96. The summed E-state index contributed by atoms with van der Waals surface area (Å²) in [4.78, 5) is 0. The van der Waals surface area contributed by atoms with Crippen LogP contribution in [0.3, 0.4) is 0 Å². The van der Waals surface area contributed by atoms with Gasteiger partial charge in [-0.25, -0.2) is 0 Å². The van der Waals surface area contributed by atoms with Crippen LogP contribution in [-0.4, -0.2) is 13.2 Å². The van der Waals surface area contributed by atoms with Gasteiger partial charge in [0.1, 0.15) is 0 Å². The first kappa shape index (κ1) is 24.4. The number of rotatable bonds is 6. The fourth-order valence-electron chi connectivity index (χ4n) is 11.7. The van der Waals surface area contributed by atoms with Gasteiger partial charge in [0.25, 0.3) is 0 Å². The monoisotopic (exact) mass is 454 g/mol. The first-order valence-electron chi connectivity index (χ1n) is 14.6. The maximum Gasteiger partial charge on any atom is 0.0625 e. The van der Waals surface area contributed by atoms with Gasteiger partial charge in [-0.05, 0) is 134 Å². The van der Waals surface area contributed by atoms with Gasteiger partial charge in [-0.2, -0.15) is 0 Å². The molecule has 0 bridgehead atoms. The van der Waals surface area contributed by atoms with E-state index in [1.807, 2.05) is 7.11 Å². The Morgan fingerprint density at radius 1 is 0.848 bits per heavy atom. The van der Waals surface area contributed by atoms with Crippen molar-refractivity contribution in [2.24, 2.45) is 56.7 Å². The molecule has 0 unspecified atom stereocenters. The number of hydrogen-bond acceptors (Lipinski definition) is 1. The molecule has 0 amide bonds. The summed E-state index contributed by atoms with van der Waals surface area (Å²) in [6, 6.07) is 0. The van der Waals surface area contributed by atoms with E-state index < -0.39 is 0 Å². The number of methoxy groups -OCH3 is 1. The van der Waals surface area contributed by atoms with Crippen molar-refractivity contribution in [2.45, 2.75) is 125 Å². The van der Waals surface area contributed by atoms with Crippen LogP contribution in [0.2, 0.25) is 0 Å². The zero-order valence-electron chi connectivity index (χ0n) is 23.4. The lowest BCUT2D eigenvalue weighted by Crippen LogP contribution is -2.57. The van der Waals surface area contributed by atoms with Gasteiger partial charge in [-0.1, -0.05) is 53.7 Å². The second-order valence-electron chi connectivity index (χ2n) is 15.0. The smallest absolute Gasteiger partial charge is 0.0625 e. The van der Waals surface area contributed by atoms with E-state index in [2.05, 4.69) is 55.0 Å². The van der Waals surface area contributed by atoms with Crippen LogP contribution in [-0.2, 0) is 4.74 Å². The lowest BCUT2D eigenvalue weighted by Gasteiger charge is -2.63. The summed E-state index contributed by atoms with van der Waals surface area (Å²) in [6.07, 6.45) is 16.4. The number of hydrogen-bond donors (Lipinski definition) is 0. The summed E-state index contributed by atoms with van der Waals surface area (Å²) in [5.41, 5.74) is 4.14. The van der Waals surface area contributed by atoms with Crippen molar-refractivity contribution >= 4 is 0 Å². The molecule has 0 heterocycles. The Kier molecular flexibility index (Phi) is 5.62. The predicted molar refractivity (Wildman–Crippen MR) is 140 cm³/mol. The summed E-state index contributed by atoms with van der Waals surface area (Å²) in [5, 5.41) is 0. The highest BCUT2D eigenvalue weighted by Gasteiger charge is 2.82. The fourth-order valence-corrected chi connectivity index (χ4v) is 11.7. The van der Waals surface area contributed by atoms with E-state index in [-0.39, 0.29) is 0 Å². The molecule has 0 saturated heterocycles. The van der Waals surface area contributed by atoms with Crippen LogP contribution in [0.1, 0.15) is 119 Å². The average Bonchev–Trinajstić information content (AvgIpc) is 3.33. The Bertz CT molecular complexity index is 796. The molecule has 0 radical (unpaired) electrons. The average molecular weight is 455 g/mol. The topological polar surface area (TPSA) is 9.23 Å². The third-order valence-corrected chi connectivity index (χ3v) is 14.0. The highest BCUT2D eigenvalue weighted by atomic mass is 16.5. The van der Waals surface area contributed by atoms with E-state index in [0.29, 0.717) is 39.1 Å². The van der Waals surface area contributed by atoms with Gasteiger partial charge in [-0.3, -0.25) is 0 Å². The highest BCUT2D eigenvalue weighted by molar-refractivity contribution is 5.30. The minimum atomic E-state index is 0.343. The van der Waals surface area contributed by atoms with E-state index in [4.69, 9.17) is 4.74 Å². The Labute approximate surface area is 205 Å². The van der Waals surface area contributed by atoms with Crippen molar-refractivity contribution < 1.29 is 4.74 Å². The molecule has 5 rings (SSSR count). The minimum Gasteiger partial charge on any atom is -0.381 e. The van der Waals surface area contributed by atoms with E-state index >= 15 is 0 Å². The van der Waals surface area contributed by atoms with Gasteiger partial charge in [0.05, 0.1) is 6.10 Å². The molecular formula is C32H54O. The predicted octanol–water partition coefficient (Wildman–Crippen LogP) is 9.07. The summed E-state index contributed by atoms with van der Waals surface area (Å²) in [5.74, 6) is 4.31. The van der Waals surface area contributed by atoms with Crippen LogP contribution in [0, 0.1) is 56.7 Å². The number of allylic oxidation sites excluding steroid dienone is 1. The van der Waals surface area contributed by atoms with E-state index in [9.17, 15) is 0 Å². The molecule has 5 saturated carbocycles. The van der Waals surface area contributed by atoms with Gasteiger partial charge < -0.3 is 4.74 Å². The van der Waals surface area contributed by atoms with Crippen LogP contribution < -0.4 is 0 Å². The highest BCUT2D eigenvalue weighted by Crippen LogP contribution is 2.89. The van der Waals surface area contributed by atoms with Crippen LogP contribution in [0.15, 0.2) is 12.2 Å². The molecule has 0 aromatic rings. The maximum absolute atomic E-state index is 6.05. The summed E-state index contributed by atoms with van der Waals surface area (Å²) in [6.45, 7) is 22.0. The Morgan fingerprint density at radius 2 is 1.52 bits per heavy atom. The fraction of sp³-hybridized carbons (Fsp3) is 0.938. The third kappa shape index (κ3) is 2.99. The lowest BCUT2D eigenvalue weighted by molar-refractivity contribution is -0.166. The molecule has 188 valence electrons. The molecule has 0 aromatic carbocycles. The molecule has 33 heavy (non-hydrogen) atoms. The minimum absolute atomic E-state index is 0.343. The van der Waals surface area contributed by atoms with Crippen molar-refractivity contribution in [3.8, 4) is 0 Å². The Hall–Kier alpha value is -0.300. The molecule has 0 aromatic heterocycles. The van der Waals surface area contributed by atoms with Crippen LogP contribution in [0.25, 0.3) is 0 Å². The molecule has 5 aliphatic carbocycles. The number of fused-ring (bicyclic) bond motifs is 2. The van der Waals surface area contributed by atoms with E-state index in [0.717, 1.165) is 23.7 Å². The number of ether oxygens (including phenoxy) is 1. The van der Waals surface area contributed by atoms with Crippen molar-refractivity contribution in [1.29, 1.82) is 0 Å². The van der Waals surface area contributed by atoms with Gasteiger partial charge in [0.2, 0.25) is 0 Å². The van der Waals surface area contributed by atoms with Gasteiger partial charge in [0.15, 0.2) is 0 Å². The molecule has 5 aliphatic rings. The zero-order valence-corrected chi connectivity index (χ0v) is 23.4. The first-order valence-corrected chi connectivity index (χ1v) is 14.6. The largest absolute Gasteiger partial charge is 0.381 e. The normalized spacial score (nSPS) is 51.5. The molecule has 5 fully saturated rings. The molecule has 1 heteroatoms. The van der Waals surface area contributed by atoms with Gasteiger partial charge in [-0.15, -0.1) is 0 Å². The molecular weight excluding hydrogens is 400 g/mol. The SMILES string of the molecule is C=C(C)[C@@H](C)CC[C@@H](C)[C@H]1CC[C@@]2(C)[C@@H]3CC[C@H]4C(C)(C)[C@@H](OC)CC[C@@]45C[C@@]35CC[C@]12C. The summed E-state index contributed by atoms with van der Waals surface area (Å²) >= 11 is 0. The quantitative estimate of drug-likeness (QED) is 0.364. The van der Waals surface area contributed by atoms with Gasteiger partial charge in [0, 0.05) is 7.11 Å². The van der Waals surface area contributed by atoms with Crippen molar-refractivity contribution in [2.75, 3.05) is 7.11 Å². The second kappa shape index (κ2) is 7.60. The molecule has 2 spiro atoms.